The molecule has 0 aliphatic carbocycles. The lowest BCUT2D eigenvalue weighted by molar-refractivity contribution is 0.252. The van der Waals surface area contributed by atoms with Crippen LogP contribution >= 0.6 is 23.2 Å². The molecule has 2 aromatic carbocycles. The van der Waals surface area contributed by atoms with E-state index in [1.165, 1.54) is 12.1 Å². The quantitative estimate of drug-likeness (QED) is 0.734. The topological polar surface area (TPSA) is 101 Å². The fourth-order valence-corrected chi connectivity index (χ4v) is 2.78. The summed E-state index contributed by atoms with van der Waals surface area (Å²) in [5.41, 5.74) is 1.28. The van der Waals surface area contributed by atoms with E-state index in [2.05, 4.69) is 10.6 Å². The molecular formula is C15H15Cl2N3O3S. The second kappa shape index (κ2) is 7.85. The lowest BCUT2D eigenvalue weighted by Crippen LogP contribution is -2.30. The summed E-state index contributed by atoms with van der Waals surface area (Å²) >= 11 is 11.8. The zero-order chi connectivity index (χ0) is 17.7. The Kier molecular flexibility index (Phi) is 6.06. The highest BCUT2D eigenvalue weighted by molar-refractivity contribution is 7.89. The van der Waals surface area contributed by atoms with E-state index in [1.807, 2.05) is 0 Å². The van der Waals surface area contributed by atoms with E-state index in [0.29, 0.717) is 28.7 Å². The molecular weight excluding hydrogens is 373 g/mol. The maximum absolute atomic E-state index is 11.8. The highest BCUT2D eigenvalue weighted by atomic mass is 35.5. The number of nitrogens with one attached hydrogen (secondary N) is 2. The highest BCUT2D eigenvalue weighted by Crippen LogP contribution is 2.25. The lowest BCUT2D eigenvalue weighted by Gasteiger charge is -2.09. The average Bonchev–Trinajstić information content (AvgIpc) is 2.50. The molecule has 0 unspecified atom stereocenters. The Bertz CT molecular complexity index is 840. The number of amides is 2. The minimum atomic E-state index is -3.70. The molecule has 2 aromatic rings. The van der Waals surface area contributed by atoms with Crippen molar-refractivity contribution >= 4 is 44.9 Å². The van der Waals surface area contributed by atoms with Crippen LogP contribution in [-0.2, 0) is 16.4 Å². The Labute approximate surface area is 150 Å². The summed E-state index contributed by atoms with van der Waals surface area (Å²) < 4.78 is 22.3. The average molecular weight is 388 g/mol. The Morgan fingerprint density at radius 2 is 1.75 bits per heavy atom. The number of hydrogen-bond acceptors (Lipinski definition) is 3. The van der Waals surface area contributed by atoms with Crippen LogP contribution in [-0.4, -0.2) is 21.0 Å². The number of anilines is 1. The van der Waals surface area contributed by atoms with E-state index in [1.54, 1.807) is 30.3 Å². The number of nitrogens with two attached hydrogens (primary N) is 1. The van der Waals surface area contributed by atoms with E-state index in [9.17, 15) is 13.2 Å². The number of benzene rings is 2. The normalized spacial score (nSPS) is 11.1. The van der Waals surface area contributed by atoms with Gasteiger partial charge in [-0.25, -0.2) is 18.4 Å². The molecule has 24 heavy (non-hydrogen) atoms. The third kappa shape index (κ3) is 5.38. The van der Waals surface area contributed by atoms with E-state index in [4.69, 9.17) is 28.3 Å². The van der Waals surface area contributed by atoms with Crippen molar-refractivity contribution < 1.29 is 13.2 Å². The maximum atomic E-state index is 11.8. The Morgan fingerprint density at radius 1 is 1.08 bits per heavy atom. The van der Waals surface area contributed by atoms with Gasteiger partial charge < -0.3 is 10.6 Å². The van der Waals surface area contributed by atoms with Crippen molar-refractivity contribution in [3.63, 3.8) is 0 Å². The van der Waals surface area contributed by atoms with Crippen LogP contribution in [0.5, 0.6) is 0 Å². The molecule has 6 nitrogen and oxygen atoms in total. The molecule has 0 fully saturated rings. The molecule has 0 bridgehead atoms. The molecule has 0 aliphatic heterocycles. The van der Waals surface area contributed by atoms with Crippen molar-refractivity contribution in [1.29, 1.82) is 0 Å². The maximum Gasteiger partial charge on any atom is 0.319 e. The van der Waals surface area contributed by atoms with E-state index in [0.717, 1.165) is 5.56 Å². The SMILES string of the molecule is NS(=O)(=O)c1ccc(CCNC(=O)Nc2cc(Cl)ccc2Cl)cc1. The zero-order valence-electron chi connectivity index (χ0n) is 12.4. The molecule has 4 N–H and O–H groups in total. The second-order valence-electron chi connectivity index (χ2n) is 4.94. The third-order valence-electron chi connectivity index (χ3n) is 3.13. The molecule has 0 saturated carbocycles. The first-order chi connectivity index (χ1) is 11.3. The van der Waals surface area contributed by atoms with Crippen LogP contribution in [0.3, 0.4) is 0 Å². The van der Waals surface area contributed by atoms with Gasteiger partial charge in [0.1, 0.15) is 0 Å². The first-order valence-corrected chi connectivity index (χ1v) is 9.17. The van der Waals surface area contributed by atoms with Gasteiger partial charge in [-0.05, 0) is 42.3 Å². The van der Waals surface area contributed by atoms with Gasteiger partial charge in [0.05, 0.1) is 15.6 Å². The standard InChI is InChI=1S/C15H15Cl2N3O3S/c16-11-3-6-13(17)14(9-11)20-15(21)19-8-7-10-1-4-12(5-2-10)24(18,22)23/h1-6,9H,7-8H2,(H2,18,22,23)(H2,19,20,21). The molecule has 0 spiro atoms. The third-order valence-corrected chi connectivity index (χ3v) is 4.62. The van der Waals surface area contributed by atoms with Gasteiger partial charge in [-0.3, -0.25) is 0 Å². The van der Waals surface area contributed by atoms with Crippen LogP contribution in [0.25, 0.3) is 0 Å². The van der Waals surface area contributed by atoms with E-state index < -0.39 is 16.1 Å². The number of hydrogen-bond donors (Lipinski definition) is 3. The predicted molar refractivity (Wildman–Crippen MR) is 95.0 cm³/mol. The summed E-state index contributed by atoms with van der Waals surface area (Å²) in [4.78, 5) is 11.9. The number of primary sulfonamides is 1. The van der Waals surface area contributed by atoms with E-state index >= 15 is 0 Å². The fraction of sp³-hybridized carbons (Fsp3) is 0.133. The van der Waals surface area contributed by atoms with Gasteiger partial charge in [0.2, 0.25) is 10.0 Å². The zero-order valence-corrected chi connectivity index (χ0v) is 14.8. The minimum absolute atomic E-state index is 0.0487. The molecule has 9 heteroatoms. The van der Waals surface area contributed by atoms with Crippen molar-refractivity contribution in [2.24, 2.45) is 5.14 Å². The van der Waals surface area contributed by atoms with Gasteiger partial charge in [0.15, 0.2) is 0 Å². The van der Waals surface area contributed by atoms with Crippen LogP contribution in [0.2, 0.25) is 10.0 Å². The van der Waals surface area contributed by atoms with Crippen LogP contribution in [0.4, 0.5) is 10.5 Å². The number of rotatable bonds is 5. The van der Waals surface area contributed by atoms with Crippen molar-refractivity contribution in [1.82, 2.24) is 5.32 Å². The molecule has 0 saturated heterocycles. The monoisotopic (exact) mass is 387 g/mol. The largest absolute Gasteiger partial charge is 0.338 e. The molecule has 0 atom stereocenters. The van der Waals surface area contributed by atoms with Gasteiger partial charge in [-0.15, -0.1) is 0 Å². The summed E-state index contributed by atoms with van der Waals surface area (Å²) in [6.45, 7) is 0.360. The molecule has 0 aromatic heterocycles. The van der Waals surface area contributed by atoms with Gasteiger partial charge in [0, 0.05) is 11.6 Å². The first-order valence-electron chi connectivity index (χ1n) is 6.87. The molecule has 0 heterocycles. The minimum Gasteiger partial charge on any atom is -0.338 e. The van der Waals surface area contributed by atoms with Crippen molar-refractivity contribution in [2.45, 2.75) is 11.3 Å². The number of carbonyl (C=O) groups excluding carboxylic acids is 1. The van der Waals surface area contributed by atoms with Crippen molar-refractivity contribution in [2.75, 3.05) is 11.9 Å². The van der Waals surface area contributed by atoms with Crippen LogP contribution < -0.4 is 15.8 Å². The molecule has 0 radical (unpaired) electrons. The van der Waals surface area contributed by atoms with Gasteiger partial charge in [-0.1, -0.05) is 35.3 Å². The van der Waals surface area contributed by atoms with Gasteiger partial charge in [0.25, 0.3) is 0 Å². The summed E-state index contributed by atoms with van der Waals surface area (Å²) in [5, 5.41) is 11.2. The smallest absolute Gasteiger partial charge is 0.319 e. The van der Waals surface area contributed by atoms with Crippen LogP contribution in [0.15, 0.2) is 47.4 Å². The summed E-state index contributed by atoms with van der Waals surface area (Å²) in [7, 11) is -3.70. The second-order valence-corrected chi connectivity index (χ2v) is 7.35. The fourth-order valence-electron chi connectivity index (χ4n) is 1.93. The Hall–Kier alpha value is -1.80. The predicted octanol–water partition coefficient (Wildman–Crippen LogP) is 3.01. The molecule has 128 valence electrons. The van der Waals surface area contributed by atoms with Crippen molar-refractivity contribution in [3.8, 4) is 0 Å². The van der Waals surface area contributed by atoms with Gasteiger partial charge in [-0.2, -0.15) is 0 Å². The molecule has 2 rings (SSSR count). The molecule has 0 aliphatic rings. The number of sulfonamides is 1. The van der Waals surface area contributed by atoms with Crippen LogP contribution in [0, 0.1) is 0 Å². The molecule has 2 amide bonds. The Morgan fingerprint density at radius 3 is 2.38 bits per heavy atom. The van der Waals surface area contributed by atoms with Gasteiger partial charge >= 0.3 is 6.03 Å². The lowest BCUT2D eigenvalue weighted by atomic mass is 10.1. The number of carbonyl (C=O) groups is 1. The number of halogens is 2. The van der Waals surface area contributed by atoms with Crippen molar-refractivity contribution in [3.05, 3.63) is 58.1 Å². The number of urea groups is 1. The van der Waals surface area contributed by atoms with E-state index in [-0.39, 0.29) is 4.90 Å². The highest BCUT2D eigenvalue weighted by Gasteiger charge is 2.08. The summed E-state index contributed by atoms with van der Waals surface area (Å²) in [6.07, 6.45) is 0.529. The first kappa shape index (κ1) is 18.5. The summed E-state index contributed by atoms with van der Waals surface area (Å²) in [5.74, 6) is 0. The summed E-state index contributed by atoms with van der Waals surface area (Å²) in [6, 6.07) is 10.5. The Balaban J connectivity index is 1.85. The van der Waals surface area contributed by atoms with Crippen LogP contribution in [0.1, 0.15) is 5.56 Å².